The minimum absolute atomic E-state index is 0.0421. The summed E-state index contributed by atoms with van der Waals surface area (Å²) in [5, 5.41) is 1.49. The van der Waals surface area contributed by atoms with E-state index in [4.69, 9.17) is 40.2 Å². The average Bonchev–Trinajstić information content (AvgIpc) is 2.63. The first-order valence-corrected chi connectivity index (χ1v) is 7.90. The van der Waals surface area contributed by atoms with Crippen LogP contribution in [-0.2, 0) is 9.53 Å². The molecule has 1 aromatic carbocycles. The van der Waals surface area contributed by atoms with E-state index in [2.05, 4.69) is 0 Å². The van der Waals surface area contributed by atoms with Gasteiger partial charge in [-0.05, 0) is 49.3 Å². The number of benzene rings is 1. The molecule has 0 radical (unpaired) electrons. The van der Waals surface area contributed by atoms with Gasteiger partial charge in [-0.1, -0.05) is 30.1 Å². The first-order chi connectivity index (χ1) is 9.86. The van der Waals surface area contributed by atoms with E-state index in [-0.39, 0.29) is 17.8 Å². The molecule has 2 rings (SSSR count). The van der Waals surface area contributed by atoms with Crippen LogP contribution in [0.1, 0.15) is 32.8 Å². The Labute approximate surface area is 140 Å². The predicted octanol–water partition coefficient (Wildman–Crippen LogP) is 5.11. The second-order valence-electron chi connectivity index (χ2n) is 5.09. The van der Waals surface area contributed by atoms with Crippen molar-refractivity contribution in [1.29, 1.82) is 0 Å². The van der Waals surface area contributed by atoms with Gasteiger partial charge in [0.25, 0.3) is 0 Å². The number of ether oxygens (including phenoxy) is 1. The van der Waals surface area contributed by atoms with Gasteiger partial charge >= 0.3 is 0 Å². The van der Waals surface area contributed by atoms with Crippen LogP contribution in [0.4, 0.5) is 0 Å². The number of ketones is 1. The van der Waals surface area contributed by atoms with E-state index in [0.717, 1.165) is 5.57 Å². The Hall–Kier alpha value is -0.900. The van der Waals surface area contributed by atoms with Gasteiger partial charge in [-0.25, -0.2) is 0 Å². The zero-order chi connectivity index (χ0) is 15.7. The van der Waals surface area contributed by atoms with Gasteiger partial charge in [-0.15, -0.1) is 0 Å². The highest BCUT2D eigenvalue weighted by atomic mass is 35.5. The van der Waals surface area contributed by atoms with Gasteiger partial charge in [-0.2, -0.15) is 0 Å². The van der Waals surface area contributed by atoms with Crippen LogP contribution in [0.25, 0.3) is 5.57 Å². The number of Topliss-reactive ketones (excluding diaryl/α,β-unsaturated/α-hetero) is 1. The summed E-state index contributed by atoms with van der Waals surface area (Å²) < 4.78 is 5.70. The summed E-state index contributed by atoms with van der Waals surface area (Å²) in [4.78, 5) is 12.7. The zero-order valence-corrected chi connectivity index (χ0v) is 14.4. The highest BCUT2D eigenvalue weighted by Crippen LogP contribution is 2.41. The molecule has 0 N–H and O–H groups in total. The molecule has 0 spiro atoms. The average molecular weight is 343 g/mol. The topological polar surface area (TPSA) is 26.3 Å². The normalized spacial score (nSPS) is 21.9. The Morgan fingerprint density at radius 1 is 1.38 bits per heavy atom. The molecule has 112 valence electrons. The third-order valence-electron chi connectivity index (χ3n) is 3.70. The van der Waals surface area contributed by atoms with E-state index < -0.39 is 0 Å². The van der Waals surface area contributed by atoms with Crippen molar-refractivity contribution in [1.82, 2.24) is 0 Å². The van der Waals surface area contributed by atoms with Gasteiger partial charge in [0.15, 0.2) is 10.8 Å². The largest absolute Gasteiger partial charge is 0.479 e. The van der Waals surface area contributed by atoms with E-state index in [1.807, 2.05) is 13.8 Å². The number of hydrogen-bond donors (Lipinski definition) is 0. The number of thiocarbonyl (C=S) groups is 1. The van der Waals surface area contributed by atoms with Crippen LogP contribution in [0, 0.1) is 5.92 Å². The highest BCUT2D eigenvalue weighted by molar-refractivity contribution is 7.80. The molecule has 0 aliphatic heterocycles. The first-order valence-electron chi connectivity index (χ1n) is 6.74. The lowest BCUT2D eigenvalue weighted by Gasteiger charge is -2.19. The first kappa shape index (κ1) is 16.5. The molecule has 1 aromatic rings. The molecule has 0 saturated heterocycles. The van der Waals surface area contributed by atoms with Crippen LogP contribution >= 0.6 is 35.4 Å². The third-order valence-corrected chi connectivity index (χ3v) is 4.36. The lowest BCUT2D eigenvalue weighted by molar-refractivity contribution is -0.118. The molecule has 0 bridgehead atoms. The monoisotopic (exact) mass is 342 g/mol. The van der Waals surface area contributed by atoms with E-state index in [9.17, 15) is 4.79 Å². The summed E-state index contributed by atoms with van der Waals surface area (Å²) >= 11 is 17.3. The molecule has 1 aliphatic carbocycles. The number of rotatable bonds is 3. The van der Waals surface area contributed by atoms with Crippen molar-refractivity contribution in [3.63, 3.8) is 0 Å². The summed E-state index contributed by atoms with van der Waals surface area (Å²) in [5.74, 6) is -0.187. The number of halogens is 2. The molecular formula is C16H16Cl2O2S. The Morgan fingerprint density at radius 3 is 2.62 bits per heavy atom. The quantitative estimate of drug-likeness (QED) is 0.714. The summed E-state index contributed by atoms with van der Waals surface area (Å²) in [7, 11) is 0. The Kier molecular flexibility index (Phi) is 5.07. The maximum atomic E-state index is 12.7. The second-order valence-corrected chi connectivity index (χ2v) is 6.51. The predicted molar refractivity (Wildman–Crippen MR) is 91.0 cm³/mol. The molecule has 1 aliphatic rings. The van der Waals surface area contributed by atoms with Gasteiger partial charge in [0.1, 0.15) is 6.10 Å². The number of carbonyl (C=O) groups excluding carboxylic acids is 1. The molecule has 0 saturated carbocycles. The fraction of sp³-hybridized carbons (Fsp3) is 0.375. The molecule has 0 fully saturated rings. The Balaban J connectivity index is 2.55. The highest BCUT2D eigenvalue weighted by Gasteiger charge is 2.41. The Morgan fingerprint density at radius 2 is 2.05 bits per heavy atom. The maximum Gasteiger partial charge on any atom is 0.170 e. The van der Waals surface area contributed by atoms with Crippen molar-refractivity contribution >= 4 is 51.8 Å². The van der Waals surface area contributed by atoms with Crippen molar-refractivity contribution in [3.8, 4) is 0 Å². The van der Waals surface area contributed by atoms with Crippen LogP contribution in [-0.4, -0.2) is 16.9 Å². The zero-order valence-electron chi connectivity index (χ0n) is 12.1. The third kappa shape index (κ3) is 3.15. The Bertz CT molecular complexity index is 637. The fourth-order valence-corrected chi connectivity index (χ4v) is 3.23. The molecule has 2 atom stereocenters. The van der Waals surface area contributed by atoms with E-state index in [1.165, 1.54) is 0 Å². The molecule has 2 nitrogen and oxygen atoms in total. The van der Waals surface area contributed by atoms with E-state index >= 15 is 0 Å². The smallest absolute Gasteiger partial charge is 0.170 e. The molecule has 0 amide bonds. The van der Waals surface area contributed by atoms with Gasteiger partial charge in [0.05, 0.1) is 5.92 Å². The SMILES string of the molecule is CCC1C(=O)C(c2cc(Cl)ccc2Cl)=C(C)C1OC(C)=S. The van der Waals surface area contributed by atoms with Crippen LogP contribution in [0.2, 0.25) is 10.0 Å². The van der Waals surface area contributed by atoms with Crippen molar-refractivity contribution in [2.24, 2.45) is 5.92 Å². The summed E-state index contributed by atoms with van der Waals surface area (Å²) in [6.45, 7) is 5.57. The van der Waals surface area contributed by atoms with Gasteiger partial charge in [0.2, 0.25) is 0 Å². The van der Waals surface area contributed by atoms with Gasteiger partial charge < -0.3 is 4.74 Å². The van der Waals surface area contributed by atoms with Crippen molar-refractivity contribution in [2.45, 2.75) is 33.3 Å². The molecule has 21 heavy (non-hydrogen) atoms. The lowest BCUT2D eigenvalue weighted by atomic mass is 9.96. The summed E-state index contributed by atoms with van der Waals surface area (Å²) in [5.41, 5.74) is 2.13. The van der Waals surface area contributed by atoms with Gasteiger partial charge in [0, 0.05) is 28.1 Å². The minimum Gasteiger partial charge on any atom is -0.479 e. The summed E-state index contributed by atoms with van der Waals surface area (Å²) in [6.07, 6.45) is 0.371. The van der Waals surface area contributed by atoms with Gasteiger partial charge in [-0.3, -0.25) is 4.79 Å². The van der Waals surface area contributed by atoms with E-state index in [0.29, 0.717) is 32.7 Å². The maximum absolute atomic E-state index is 12.7. The second kappa shape index (κ2) is 6.47. The molecule has 5 heteroatoms. The standard InChI is InChI=1S/C16H16Cl2O2S/c1-4-11-15(19)14(8(2)16(11)20-9(3)21)12-7-10(17)5-6-13(12)18/h5-7,11,16H,4H2,1-3H3. The summed E-state index contributed by atoms with van der Waals surface area (Å²) in [6, 6.07) is 5.13. The van der Waals surface area contributed by atoms with Crippen LogP contribution in [0.3, 0.4) is 0 Å². The van der Waals surface area contributed by atoms with Crippen molar-refractivity contribution < 1.29 is 9.53 Å². The number of hydrogen-bond acceptors (Lipinski definition) is 3. The lowest BCUT2D eigenvalue weighted by Crippen LogP contribution is -2.26. The fourth-order valence-electron chi connectivity index (χ4n) is 2.74. The van der Waals surface area contributed by atoms with E-state index in [1.54, 1.807) is 25.1 Å². The molecule has 0 aromatic heterocycles. The number of allylic oxidation sites excluding steroid dienone is 1. The van der Waals surface area contributed by atoms with Crippen LogP contribution in [0.15, 0.2) is 23.8 Å². The number of carbonyl (C=O) groups is 1. The minimum atomic E-state index is -0.315. The van der Waals surface area contributed by atoms with Crippen molar-refractivity contribution in [3.05, 3.63) is 39.4 Å². The molecule has 2 unspecified atom stereocenters. The molecular weight excluding hydrogens is 327 g/mol. The van der Waals surface area contributed by atoms with Crippen molar-refractivity contribution in [2.75, 3.05) is 0 Å². The van der Waals surface area contributed by atoms with Crippen LogP contribution in [0.5, 0.6) is 0 Å². The molecule has 0 heterocycles. The van der Waals surface area contributed by atoms with Crippen LogP contribution < -0.4 is 0 Å².